The maximum Gasteiger partial charge on any atom is 0.268 e. The minimum absolute atomic E-state index is 0.176. The van der Waals surface area contributed by atoms with Gasteiger partial charge in [-0.05, 0) is 30.3 Å². The molecule has 90 valence electrons. The molecular formula is C13H11N3O2. The van der Waals surface area contributed by atoms with E-state index in [1.165, 1.54) is 0 Å². The summed E-state index contributed by atoms with van der Waals surface area (Å²) in [7, 11) is 0. The predicted octanol–water partition coefficient (Wildman–Crippen LogP) is 2.09. The van der Waals surface area contributed by atoms with Crippen molar-refractivity contribution in [2.24, 2.45) is 0 Å². The Kier molecular flexibility index (Phi) is 2.57. The number of H-pyrrole nitrogens is 1. The van der Waals surface area contributed by atoms with Crippen molar-refractivity contribution in [3.05, 3.63) is 54.2 Å². The molecule has 0 aromatic carbocycles. The first-order valence-electron chi connectivity index (χ1n) is 5.57. The number of nitrogens with one attached hydrogen (secondary N) is 2. The number of carbonyl (C=O) groups excluding carboxylic acids is 1. The van der Waals surface area contributed by atoms with Crippen molar-refractivity contribution in [3.8, 4) is 0 Å². The lowest BCUT2D eigenvalue weighted by molar-refractivity contribution is 0.0944. The number of hydrogen-bond acceptors (Lipinski definition) is 3. The van der Waals surface area contributed by atoms with Gasteiger partial charge < -0.3 is 14.7 Å². The number of carbonyl (C=O) groups is 1. The van der Waals surface area contributed by atoms with E-state index in [0.717, 1.165) is 16.8 Å². The summed E-state index contributed by atoms with van der Waals surface area (Å²) < 4.78 is 5.14. The monoisotopic (exact) mass is 241 g/mol. The summed E-state index contributed by atoms with van der Waals surface area (Å²) in [5.74, 6) is 0.544. The van der Waals surface area contributed by atoms with Crippen molar-refractivity contribution in [1.82, 2.24) is 15.3 Å². The summed E-state index contributed by atoms with van der Waals surface area (Å²) in [5.41, 5.74) is 2.12. The van der Waals surface area contributed by atoms with Crippen molar-refractivity contribution in [2.45, 2.75) is 6.54 Å². The molecule has 0 fully saturated rings. The van der Waals surface area contributed by atoms with E-state index >= 15 is 0 Å². The lowest BCUT2D eigenvalue weighted by Gasteiger charge is -2.00. The number of nitrogens with zero attached hydrogens (tertiary/aromatic N) is 1. The van der Waals surface area contributed by atoms with Gasteiger partial charge in [0.15, 0.2) is 0 Å². The van der Waals surface area contributed by atoms with E-state index in [1.54, 1.807) is 24.6 Å². The fourth-order valence-electron chi connectivity index (χ4n) is 1.75. The first kappa shape index (κ1) is 10.6. The van der Waals surface area contributed by atoms with E-state index < -0.39 is 0 Å². The Labute approximate surface area is 103 Å². The highest BCUT2D eigenvalue weighted by Crippen LogP contribution is 2.11. The fraction of sp³-hybridized carbons (Fsp3) is 0.0769. The van der Waals surface area contributed by atoms with Gasteiger partial charge in [0, 0.05) is 6.20 Å². The van der Waals surface area contributed by atoms with E-state index in [-0.39, 0.29) is 5.91 Å². The van der Waals surface area contributed by atoms with Gasteiger partial charge in [-0.2, -0.15) is 0 Å². The normalized spacial score (nSPS) is 10.7. The molecule has 0 unspecified atom stereocenters. The Hall–Kier alpha value is -2.56. The molecule has 0 aliphatic rings. The lowest BCUT2D eigenvalue weighted by Crippen LogP contribution is -2.22. The standard InChI is InChI=1S/C13H11N3O2/c17-13(15-8-9-3-2-6-18-9)12-7-11-10(16-12)4-1-5-14-11/h1-7,16H,8H2,(H,15,17). The van der Waals surface area contributed by atoms with Crippen molar-refractivity contribution >= 4 is 16.9 Å². The summed E-state index contributed by atoms with van der Waals surface area (Å²) in [6.07, 6.45) is 3.27. The zero-order chi connectivity index (χ0) is 12.4. The average Bonchev–Trinajstić information content (AvgIpc) is 3.04. The van der Waals surface area contributed by atoms with Crippen molar-refractivity contribution in [1.29, 1.82) is 0 Å². The summed E-state index contributed by atoms with van der Waals surface area (Å²) in [6, 6.07) is 9.03. The van der Waals surface area contributed by atoms with Crippen LogP contribution < -0.4 is 5.32 Å². The summed E-state index contributed by atoms with van der Waals surface area (Å²) >= 11 is 0. The third-order valence-electron chi connectivity index (χ3n) is 2.64. The number of fused-ring (bicyclic) bond motifs is 1. The number of rotatable bonds is 3. The molecular weight excluding hydrogens is 230 g/mol. The number of furan rings is 1. The Morgan fingerprint density at radius 3 is 3.11 bits per heavy atom. The second kappa shape index (κ2) is 4.37. The second-order valence-electron chi connectivity index (χ2n) is 3.88. The van der Waals surface area contributed by atoms with E-state index in [1.807, 2.05) is 18.2 Å². The number of amides is 1. The van der Waals surface area contributed by atoms with Crippen LogP contribution in [0.3, 0.4) is 0 Å². The van der Waals surface area contributed by atoms with E-state index in [2.05, 4.69) is 15.3 Å². The van der Waals surface area contributed by atoms with E-state index in [9.17, 15) is 4.79 Å². The Morgan fingerprint density at radius 2 is 2.33 bits per heavy atom. The molecule has 0 aliphatic carbocycles. The molecule has 3 rings (SSSR count). The van der Waals surface area contributed by atoms with E-state index in [4.69, 9.17) is 4.42 Å². The first-order valence-corrected chi connectivity index (χ1v) is 5.57. The van der Waals surface area contributed by atoms with Crippen LogP contribution in [0.25, 0.3) is 11.0 Å². The van der Waals surface area contributed by atoms with Crippen LogP contribution in [-0.2, 0) is 6.54 Å². The van der Waals surface area contributed by atoms with Gasteiger partial charge in [0.05, 0.1) is 23.8 Å². The van der Waals surface area contributed by atoms with Gasteiger partial charge in [0.1, 0.15) is 11.5 Å². The molecule has 0 radical (unpaired) electrons. The van der Waals surface area contributed by atoms with Crippen LogP contribution in [0.1, 0.15) is 16.2 Å². The van der Waals surface area contributed by atoms with E-state index in [0.29, 0.717) is 12.2 Å². The molecule has 0 atom stereocenters. The number of aromatic amines is 1. The Balaban J connectivity index is 1.75. The van der Waals surface area contributed by atoms with Gasteiger partial charge >= 0.3 is 0 Å². The van der Waals surface area contributed by atoms with Gasteiger partial charge in [-0.1, -0.05) is 0 Å². The molecule has 5 heteroatoms. The molecule has 0 saturated carbocycles. The number of hydrogen-bond donors (Lipinski definition) is 2. The average molecular weight is 241 g/mol. The molecule has 0 saturated heterocycles. The van der Waals surface area contributed by atoms with Crippen LogP contribution in [0.4, 0.5) is 0 Å². The molecule has 3 heterocycles. The van der Waals surface area contributed by atoms with Gasteiger partial charge in [-0.25, -0.2) is 0 Å². The molecule has 3 aromatic rings. The van der Waals surface area contributed by atoms with Crippen molar-refractivity contribution in [3.63, 3.8) is 0 Å². The largest absolute Gasteiger partial charge is 0.467 e. The quantitative estimate of drug-likeness (QED) is 0.737. The molecule has 18 heavy (non-hydrogen) atoms. The first-order chi connectivity index (χ1) is 8.83. The summed E-state index contributed by atoms with van der Waals surface area (Å²) in [6.45, 7) is 0.370. The minimum Gasteiger partial charge on any atom is -0.467 e. The SMILES string of the molecule is O=C(NCc1ccco1)c1cc2ncccc2[nH]1. The highest BCUT2D eigenvalue weighted by atomic mass is 16.3. The van der Waals surface area contributed by atoms with Crippen LogP contribution in [-0.4, -0.2) is 15.9 Å². The predicted molar refractivity (Wildman–Crippen MR) is 66.0 cm³/mol. The number of aromatic nitrogens is 2. The zero-order valence-corrected chi connectivity index (χ0v) is 9.51. The summed E-state index contributed by atoms with van der Waals surface area (Å²) in [5, 5.41) is 2.77. The molecule has 0 spiro atoms. The second-order valence-corrected chi connectivity index (χ2v) is 3.88. The third-order valence-corrected chi connectivity index (χ3v) is 2.64. The van der Waals surface area contributed by atoms with Crippen molar-refractivity contribution < 1.29 is 9.21 Å². The Morgan fingerprint density at radius 1 is 1.39 bits per heavy atom. The number of pyridine rings is 1. The third kappa shape index (κ3) is 1.98. The molecule has 0 bridgehead atoms. The molecule has 3 aromatic heterocycles. The highest BCUT2D eigenvalue weighted by molar-refractivity contribution is 5.96. The van der Waals surface area contributed by atoms with Crippen LogP contribution in [0.5, 0.6) is 0 Å². The summed E-state index contributed by atoms with van der Waals surface area (Å²) in [4.78, 5) is 19.1. The molecule has 0 aliphatic heterocycles. The molecule has 1 amide bonds. The van der Waals surface area contributed by atoms with Crippen LogP contribution in [0, 0.1) is 0 Å². The van der Waals surface area contributed by atoms with Gasteiger partial charge in [-0.3, -0.25) is 9.78 Å². The smallest absolute Gasteiger partial charge is 0.268 e. The van der Waals surface area contributed by atoms with Gasteiger partial charge in [0.25, 0.3) is 5.91 Å². The highest BCUT2D eigenvalue weighted by Gasteiger charge is 2.09. The van der Waals surface area contributed by atoms with Crippen LogP contribution in [0.15, 0.2) is 47.2 Å². The lowest BCUT2D eigenvalue weighted by atomic mass is 10.3. The van der Waals surface area contributed by atoms with Gasteiger partial charge in [0.2, 0.25) is 0 Å². The zero-order valence-electron chi connectivity index (χ0n) is 9.51. The fourth-order valence-corrected chi connectivity index (χ4v) is 1.75. The van der Waals surface area contributed by atoms with Crippen molar-refractivity contribution in [2.75, 3.05) is 0 Å². The maximum atomic E-state index is 11.9. The Bertz CT molecular complexity index is 637. The topological polar surface area (TPSA) is 70.9 Å². The van der Waals surface area contributed by atoms with Crippen LogP contribution in [0.2, 0.25) is 0 Å². The van der Waals surface area contributed by atoms with Crippen LogP contribution >= 0.6 is 0 Å². The minimum atomic E-state index is -0.176. The molecule has 5 nitrogen and oxygen atoms in total. The molecule has 2 N–H and O–H groups in total. The van der Waals surface area contributed by atoms with Gasteiger partial charge in [-0.15, -0.1) is 0 Å². The maximum absolute atomic E-state index is 11.9.